The number of hydrogen-bond acceptors (Lipinski definition) is 6. The van der Waals surface area contributed by atoms with Crippen molar-refractivity contribution in [3.05, 3.63) is 89.5 Å². The summed E-state index contributed by atoms with van der Waals surface area (Å²) in [4.78, 5) is 38.2. The first-order valence-corrected chi connectivity index (χ1v) is 15.7. The summed E-state index contributed by atoms with van der Waals surface area (Å²) >= 11 is 0. The highest BCUT2D eigenvalue weighted by molar-refractivity contribution is 5.87. The third-order valence-corrected chi connectivity index (χ3v) is 7.71. The number of ether oxygens (including phenoxy) is 3. The first-order valence-electron chi connectivity index (χ1n) is 15.7. The van der Waals surface area contributed by atoms with Gasteiger partial charge in [0.1, 0.15) is 23.5 Å². The maximum Gasteiger partial charge on any atom is 0.408 e. The predicted octanol–water partition coefficient (Wildman–Crippen LogP) is 7.53. The number of nitrogens with one attached hydrogen (secondary N) is 1. The van der Waals surface area contributed by atoms with Crippen molar-refractivity contribution in [1.82, 2.24) is 5.32 Å². The molecule has 4 rings (SSSR count). The van der Waals surface area contributed by atoms with E-state index in [1.807, 2.05) is 62.4 Å². The van der Waals surface area contributed by atoms with Gasteiger partial charge in [-0.1, -0.05) is 74.5 Å². The lowest BCUT2D eigenvalue weighted by atomic mass is 9.83. The molecule has 3 aromatic rings. The van der Waals surface area contributed by atoms with Crippen molar-refractivity contribution in [2.24, 2.45) is 5.92 Å². The van der Waals surface area contributed by atoms with Crippen LogP contribution in [0.4, 0.5) is 4.79 Å². The standard InChI is InChI=1S/C37H45NO7/c1-25(2)22-37(34(41)45-36(3,4)5,23-26-17-19-27(20-18-26)43-21-11-10-16-33(39)40)38-35(42)44-24-32-30-14-8-6-12-28(30)29-13-7-9-15-31(29)32/h6-9,12-15,17-20,25,32H,10-11,16,21-24H2,1-5H3,(H,38,42)(H,39,40)/t37-/m1/s1. The largest absolute Gasteiger partial charge is 0.494 e. The van der Waals surface area contributed by atoms with Crippen molar-refractivity contribution in [2.75, 3.05) is 13.2 Å². The Morgan fingerprint density at radius 2 is 1.47 bits per heavy atom. The first kappa shape index (κ1) is 33.6. The molecule has 8 nitrogen and oxygen atoms in total. The number of esters is 1. The number of benzene rings is 3. The highest BCUT2D eigenvalue weighted by atomic mass is 16.6. The Kier molecular flexibility index (Phi) is 10.9. The number of hydrogen-bond donors (Lipinski definition) is 2. The fourth-order valence-electron chi connectivity index (χ4n) is 5.90. The summed E-state index contributed by atoms with van der Waals surface area (Å²) < 4.78 is 17.5. The van der Waals surface area contributed by atoms with E-state index in [2.05, 4.69) is 29.6 Å². The van der Waals surface area contributed by atoms with Crippen LogP contribution < -0.4 is 10.1 Å². The van der Waals surface area contributed by atoms with E-state index >= 15 is 0 Å². The van der Waals surface area contributed by atoms with Gasteiger partial charge in [-0.05, 0) is 85.9 Å². The molecule has 2 N–H and O–H groups in total. The Hall–Kier alpha value is -4.33. The van der Waals surface area contributed by atoms with Crippen LogP contribution in [0.15, 0.2) is 72.8 Å². The molecule has 0 bridgehead atoms. The minimum Gasteiger partial charge on any atom is -0.494 e. The average molecular weight is 616 g/mol. The van der Waals surface area contributed by atoms with Crippen molar-refractivity contribution in [1.29, 1.82) is 0 Å². The van der Waals surface area contributed by atoms with Gasteiger partial charge in [-0.15, -0.1) is 0 Å². The summed E-state index contributed by atoms with van der Waals surface area (Å²) in [5.41, 5.74) is 3.17. The van der Waals surface area contributed by atoms with Crippen molar-refractivity contribution in [3.8, 4) is 16.9 Å². The van der Waals surface area contributed by atoms with Crippen LogP contribution in [0.2, 0.25) is 0 Å². The van der Waals surface area contributed by atoms with Gasteiger partial charge in [0, 0.05) is 18.8 Å². The van der Waals surface area contributed by atoms with Crippen LogP contribution in [0.3, 0.4) is 0 Å². The van der Waals surface area contributed by atoms with E-state index in [1.54, 1.807) is 20.8 Å². The number of aliphatic carboxylic acids is 1. The zero-order valence-corrected chi connectivity index (χ0v) is 26.9. The van der Waals surface area contributed by atoms with Crippen molar-refractivity contribution >= 4 is 18.0 Å². The van der Waals surface area contributed by atoms with Crippen molar-refractivity contribution in [2.45, 2.75) is 83.8 Å². The van der Waals surface area contributed by atoms with Gasteiger partial charge < -0.3 is 24.6 Å². The van der Waals surface area contributed by atoms with Gasteiger partial charge in [-0.2, -0.15) is 0 Å². The maximum absolute atomic E-state index is 13.9. The molecule has 1 amide bonds. The summed E-state index contributed by atoms with van der Waals surface area (Å²) in [5, 5.41) is 11.8. The maximum atomic E-state index is 13.9. The molecule has 0 fully saturated rings. The number of rotatable bonds is 14. The molecule has 0 unspecified atom stereocenters. The second-order valence-electron chi connectivity index (χ2n) is 13.2. The van der Waals surface area contributed by atoms with E-state index in [1.165, 1.54) is 0 Å². The van der Waals surface area contributed by atoms with Crippen LogP contribution in [0.1, 0.15) is 82.9 Å². The fourth-order valence-corrected chi connectivity index (χ4v) is 5.90. The molecule has 240 valence electrons. The van der Waals surface area contributed by atoms with Gasteiger partial charge in [-0.25, -0.2) is 9.59 Å². The summed E-state index contributed by atoms with van der Waals surface area (Å²) in [6, 6.07) is 23.7. The molecule has 8 heteroatoms. The lowest BCUT2D eigenvalue weighted by Crippen LogP contribution is -2.59. The molecule has 0 saturated heterocycles. The van der Waals surface area contributed by atoms with Gasteiger partial charge in [0.05, 0.1) is 6.61 Å². The molecule has 1 aliphatic carbocycles. The van der Waals surface area contributed by atoms with Gasteiger partial charge >= 0.3 is 18.0 Å². The summed E-state index contributed by atoms with van der Waals surface area (Å²) in [5.74, 6) is -0.747. The Balaban J connectivity index is 1.51. The molecule has 0 heterocycles. The van der Waals surface area contributed by atoms with E-state index in [0.29, 0.717) is 31.6 Å². The molecule has 1 atom stereocenters. The summed E-state index contributed by atoms with van der Waals surface area (Å²) in [6.07, 6.45) is 1.15. The Morgan fingerprint density at radius 3 is 2.02 bits per heavy atom. The Labute approximate surface area is 266 Å². The SMILES string of the molecule is CC(C)C[C@](Cc1ccc(OCCCCC(=O)O)cc1)(NC(=O)OCC1c2ccccc2-c2ccccc21)C(=O)OC(C)(C)C. The van der Waals surface area contributed by atoms with E-state index < -0.39 is 29.2 Å². The van der Waals surface area contributed by atoms with Crippen LogP contribution in [-0.2, 0) is 25.5 Å². The number of unbranched alkanes of at least 4 members (excludes halogenated alkanes) is 1. The third-order valence-electron chi connectivity index (χ3n) is 7.71. The molecule has 0 aliphatic heterocycles. The van der Waals surface area contributed by atoms with Crippen molar-refractivity contribution < 1.29 is 33.7 Å². The van der Waals surface area contributed by atoms with Crippen LogP contribution in [0.5, 0.6) is 5.75 Å². The van der Waals surface area contributed by atoms with E-state index in [0.717, 1.165) is 27.8 Å². The van der Waals surface area contributed by atoms with Crippen LogP contribution in [-0.4, -0.2) is 47.5 Å². The molecular weight excluding hydrogens is 570 g/mol. The number of fused-ring (bicyclic) bond motifs is 3. The molecule has 45 heavy (non-hydrogen) atoms. The van der Waals surface area contributed by atoms with Gasteiger partial charge in [0.15, 0.2) is 0 Å². The molecule has 0 radical (unpaired) electrons. The second-order valence-corrected chi connectivity index (χ2v) is 13.2. The molecule has 3 aromatic carbocycles. The monoisotopic (exact) mass is 615 g/mol. The quantitative estimate of drug-likeness (QED) is 0.142. The minimum atomic E-state index is -1.37. The zero-order chi connectivity index (χ0) is 32.6. The lowest BCUT2D eigenvalue weighted by molar-refractivity contribution is -0.164. The molecule has 0 aromatic heterocycles. The highest BCUT2D eigenvalue weighted by Gasteiger charge is 2.44. The number of carboxylic acid groups (broad SMARTS) is 1. The molecular formula is C37H45NO7. The number of carboxylic acids is 1. The second kappa shape index (κ2) is 14.6. The van der Waals surface area contributed by atoms with Crippen LogP contribution in [0, 0.1) is 5.92 Å². The number of alkyl carbamates (subject to hydrolysis) is 1. The average Bonchev–Trinajstić information content (AvgIpc) is 3.29. The van der Waals surface area contributed by atoms with Crippen molar-refractivity contribution in [3.63, 3.8) is 0 Å². The highest BCUT2D eigenvalue weighted by Crippen LogP contribution is 2.44. The van der Waals surface area contributed by atoms with Gasteiger partial charge in [0.2, 0.25) is 0 Å². The lowest BCUT2D eigenvalue weighted by Gasteiger charge is -2.36. The predicted molar refractivity (Wildman–Crippen MR) is 173 cm³/mol. The Bertz CT molecular complexity index is 1430. The summed E-state index contributed by atoms with van der Waals surface area (Å²) in [7, 11) is 0. The normalized spacial score (nSPS) is 13.8. The topological polar surface area (TPSA) is 111 Å². The van der Waals surface area contributed by atoms with Crippen LogP contribution >= 0.6 is 0 Å². The van der Waals surface area contributed by atoms with Gasteiger partial charge in [0.25, 0.3) is 0 Å². The first-order chi connectivity index (χ1) is 21.4. The van der Waals surface area contributed by atoms with Gasteiger partial charge in [-0.3, -0.25) is 4.79 Å². The van der Waals surface area contributed by atoms with E-state index in [-0.39, 0.29) is 31.3 Å². The summed E-state index contributed by atoms with van der Waals surface area (Å²) in [6.45, 7) is 9.96. The smallest absolute Gasteiger partial charge is 0.408 e. The minimum absolute atomic E-state index is 0.0554. The molecule has 0 spiro atoms. The molecule has 1 aliphatic rings. The van der Waals surface area contributed by atoms with E-state index in [9.17, 15) is 14.4 Å². The number of amides is 1. The van der Waals surface area contributed by atoms with E-state index in [4.69, 9.17) is 19.3 Å². The van der Waals surface area contributed by atoms with Crippen LogP contribution in [0.25, 0.3) is 11.1 Å². The zero-order valence-electron chi connectivity index (χ0n) is 26.9. The number of carbonyl (C=O) groups excluding carboxylic acids is 2. The molecule has 0 saturated carbocycles. The third kappa shape index (κ3) is 9.10. The number of carbonyl (C=O) groups is 3. The Morgan fingerprint density at radius 1 is 0.867 bits per heavy atom. The fraction of sp³-hybridized carbons (Fsp3) is 0.432.